The molecule has 0 saturated heterocycles. The normalized spacial score (nSPS) is 10.8. The fourth-order valence-electron chi connectivity index (χ4n) is 1.29. The number of rotatable bonds is 0. The van der Waals surface area contributed by atoms with Crippen molar-refractivity contribution in [3.63, 3.8) is 0 Å². The summed E-state index contributed by atoms with van der Waals surface area (Å²) in [6.45, 7) is 6.31. The minimum atomic E-state index is -0.143. The van der Waals surface area contributed by atoms with Crippen molar-refractivity contribution >= 4 is 28.3 Å². The average molecular weight is 329 g/mol. The molecule has 0 aliphatic carbocycles. The van der Waals surface area contributed by atoms with Crippen LogP contribution in [-0.2, 0) is 5.41 Å². The van der Waals surface area contributed by atoms with Crippen LogP contribution < -0.4 is 5.73 Å². The van der Waals surface area contributed by atoms with Crippen molar-refractivity contribution in [1.29, 1.82) is 0 Å². The van der Waals surface area contributed by atoms with Crippen LogP contribution in [0.15, 0.2) is 12.1 Å². The van der Waals surface area contributed by atoms with E-state index in [0.29, 0.717) is 5.69 Å². The summed E-state index contributed by atoms with van der Waals surface area (Å²) in [6, 6.07) is 4.08. The van der Waals surface area contributed by atoms with Crippen LogP contribution in [0.4, 0.5) is 5.69 Å². The zero-order chi connectivity index (χ0) is 12.3. The highest BCUT2D eigenvalue weighted by atomic mass is 127. The Bertz CT molecular complexity index is 449. The molecule has 86 valence electrons. The number of nitrogens with two attached hydrogens (primary N) is 1. The summed E-state index contributed by atoms with van der Waals surface area (Å²) in [5, 5.41) is 8.70. The van der Waals surface area contributed by atoms with Crippen LogP contribution in [0.1, 0.15) is 31.9 Å². The third-order valence-electron chi connectivity index (χ3n) is 2.30. The van der Waals surface area contributed by atoms with Gasteiger partial charge in [-0.25, -0.2) is 0 Å². The lowest BCUT2D eigenvalue weighted by molar-refractivity contribution is 0.350. The monoisotopic (exact) mass is 329 g/mol. The van der Waals surface area contributed by atoms with Gasteiger partial charge in [0, 0.05) is 9.13 Å². The van der Waals surface area contributed by atoms with Crippen molar-refractivity contribution < 1.29 is 5.11 Å². The third-order valence-corrected chi connectivity index (χ3v) is 3.19. The van der Waals surface area contributed by atoms with E-state index in [4.69, 9.17) is 10.8 Å². The highest BCUT2D eigenvalue weighted by Crippen LogP contribution is 2.29. The summed E-state index contributed by atoms with van der Waals surface area (Å²) < 4.78 is 1.01. The first-order chi connectivity index (χ1) is 7.36. The molecule has 0 aromatic heterocycles. The van der Waals surface area contributed by atoms with Gasteiger partial charge in [-0.05, 0) is 45.7 Å². The standard InChI is InChI=1S/C13H16INO/c1-13(2,3)10-7-9(5-4-6-16)12(15)11(14)8-10/h7-8,16H,6,15H2,1-3H3. The Morgan fingerprint density at radius 3 is 2.50 bits per heavy atom. The first kappa shape index (κ1) is 13.3. The summed E-state index contributed by atoms with van der Waals surface area (Å²) >= 11 is 2.21. The minimum absolute atomic E-state index is 0.0727. The Kier molecular flexibility index (Phi) is 4.22. The molecule has 0 saturated carbocycles. The Morgan fingerprint density at radius 1 is 1.38 bits per heavy atom. The van der Waals surface area contributed by atoms with Crippen LogP contribution in [0.3, 0.4) is 0 Å². The lowest BCUT2D eigenvalue weighted by atomic mass is 9.86. The van der Waals surface area contributed by atoms with E-state index in [1.165, 1.54) is 5.56 Å². The van der Waals surface area contributed by atoms with Crippen molar-refractivity contribution in [3.8, 4) is 11.8 Å². The fraction of sp³-hybridized carbons (Fsp3) is 0.385. The molecule has 0 amide bonds. The Labute approximate surface area is 110 Å². The van der Waals surface area contributed by atoms with E-state index in [-0.39, 0.29) is 12.0 Å². The summed E-state index contributed by atoms with van der Waals surface area (Å²) in [5.74, 6) is 5.52. The summed E-state index contributed by atoms with van der Waals surface area (Å²) in [6.07, 6.45) is 0. The molecule has 0 atom stereocenters. The number of hydrogen-bond acceptors (Lipinski definition) is 2. The van der Waals surface area contributed by atoms with E-state index in [0.717, 1.165) is 9.13 Å². The van der Waals surface area contributed by atoms with Crippen molar-refractivity contribution in [1.82, 2.24) is 0 Å². The molecule has 0 radical (unpaired) electrons. The number of halogens is 1. The molecule has 16 heavy (non-hydrogen) atoms. The molecule has 3 N–H and O–H groups in total. The number of aliphatic hydroxyl groups is 1. The molecule has 1 rings (SSSR count). The molecule has 0 aliphatic heterocycles. The SMILES string of the molecule is CC(C)(C)c1cc(I)c(N)c(C#CCO)c1. The van der Waals surface area contributed by atoms with Gasteiger partial charge in [-0.2, -0.15) is 0 Å². The van der Waals surface area contributed by atoms with Crippen LogP contribution in [0.5, 0.6) is 0 Å². The third kappa shape index (κ3) is 3.13. The van der Waals surface area contributed by atoms with E-state index in [1.54, 1.807) is 0 Å². The van der Waals surface area contributed by atoms with Gasteiger partial charge >= 0.3 is 0 Å². The zero-order valence-corrected chi connectivity index (χ0v) is 11.9. The minimum Gasteiger partial charge on any atom is -0.397 e. The van der Waals surface area contributed by atoms with E-state index in [2.05, 4.69) is 61.3 Å². The molecule has 1 aromatic carbocycles. The van der Waals surface area contributed by atoms with Gasteiger partial charge < -0.3 is 10.8 Å². The van der Waals surface area contributed by atoms with E-state index < -0.39 is 0 Å². The maximum absolute atomic E-state index is 8.70. The molecule has 2 nitrogen and oxygen atoms in total. The van der Waals surface area contributed by atoms with Gasteiger partial charge in [0.2, 0.25) is 0 Å². The van der Waals surface area contributed by atoms with Gasteiger partial charge in [0.05, 0.1) is 5.69 Å². The van der Waals surface area contributed by atoms with Gasteiger partial charge in [0.15, 0.2) is 0 Å². The van der Waals surface area contributed by atoms with Gasteiger partial charge in [0.25, 0.3) is 0 Å². The topological polar surface area (TPSA) is 46.2 Å². The molecule has 0 aliphatic rings. The van der Waals surface area contributed by atoms with Crippen molar-refractivity contribution in [2.24, 2.45) is 0 Å². The summed E-state index contributed by atoms with van der Waals surface area (Å²) in [5.41, 5.74) is 8.71. The predicted molar refractivity (Wildman–Crippen MR) is 76.2 cm³/mol. The molecule has 1 aromatic rings. The second-order valence-corrected chi connectivity index (χ2v) is 5.79. The quantitative estimate of drug-likeness (QED) is 0.436. The molecular weight excluding hydrogens is 313 g/mol. The van der Waals surface area contributed by atoms with Crippen LogP contribution >= 0.6 is 22.6 Å². The largest absolute Gasteiger partial charge is 0.397 e. The van der Waals surface area contributed by atoms with Crippen LogP contribution in [-0.4, -0.2) is 11.7 Å². The van der Waals surface area contributed by atoms with Gasteiger partial charge in [-0.3, -0.25) is 0 Å². The maximum Gasteiger partial charge on any atom is 0.104 e. The van der Waals surface area contributed by atoms with Crippen LogP contribution in [0.2, 0.25) is 0 Å². The van der Waals surface area contributed by atoms with E-state index in [1.807, 2.05) is 6.07 Å². The summed E-state index contributed by atoms with van der Waals surface area (Å²) in [7, 11) is 0. The van der Waals surface area contributed by atoms with Crippen LogP contribution in [0.25, 0.3) is 0 Å². The number of hydrogen-bond donors (Lipinski definition) is 2. The molecule has 0 bridgehead atoms. The number of nitrogen functional groups attached to an aromatic ring is 1. The lowest BCUT2D eigenvalue weighted by Gasteiger charge is -2.20. The summed E-state index contributed by atoms with van der Waals surface area (Å²) in [4.78, 5) is 0. The molecule has 0 unspecified atom stereocenters. The smallest absolute Gasteiger partial charge is 0.104 e. The average Bonchev–Trinajstić information content (AvgIpc) is 2.18. The first-order valence-electron chi connectivity index (χ1n) is 5.05. The molecule has 0 heterocycles. The molecule has 0 fully saturated rings. The van der Waals surface area contributed by atoms with E-state index >= 15 is 0 Å². The number of benzene rings is 1. The molecular formula is C13H16INO. The fourth-order valence-corrected chi connectivity index (χ4v) is 1.92. The maximum atomic E-state index is 8.70. The number of aliphatic hydroxyl groups excluding tert-OH is 1. The first-order valence-corrected chi connectivity index (χ1v) is 6.13. The lowest BCUT2D eigenvalue weighted by Crippen LogP contribution is -2.12. The van der Waals surface area contributed by atoms with Gasteiger partial charge in [-0.1, -0.05) is 32.6 Å². The Hall–Kier alpha value is -0.730. The van der Waals surface area contributed by atoms with Crippen molar-refractivity contribution in [2.75, 3.05) is 12.3 Å². The van der Waals surface area contributed by atoms with E-state index in [9.17, 15) is 0 Å². The highest BCUT2D eigenvalue weighted by Gasteiger charge is 2.16. The van der Waals surface area contributed by atoms with Crippen molar-refractivity contribution in [2.45, 2.75) is 26.2 Å². The zero-order valence-electron chi connectivity index (χ0n) is 9.76. The predicted octanol–water partition coefficient (Wildman–Crippen LogP) is 2.51. The Morgan fingerprint density at radius 2 is 2.00 bits per heavy atom. The second-order valence-electron chi connectivity index (χ2n) is 4.63. The second kappa shape index (κ2) is 5.07. The van der Waals surface area contributed by atoms with Crippen LogP contribution in [0, 0.1) is 15.4 Å². The van der Waals surface area contributed by atoms with Gasteiger partial charge in [0.1, 0.15) is 6.61 Å². The molecule has 3 heteroatoms. The molecule has 0 spiro atoms. The Balaban J connectivity index is 3.33. The van der Waals surface area contributed by atoms with Crippen molar-refractivity contribution in [3.05, 3.63) is 26.8 Å². The van der Waals surface area contributed by atoms with Gasteiger partial charge in [-0.15, -0.1) is 0 Å². The number of anilines is 1. The highest BCUT2D eigenvalue weighted by molar-refractivity contribution is 14.1.